The second-order valence-corrected chi connectivity index (χ2v) is 4.65. The summed E-state index contributed by atoms with van der Waals surface area (Å²) in [6.45, 7) is 3.92. The molecule has 0 radical (unpaired) electrons. The molecule has 0 saturated carbocycles. The van der Waals surface area contributed by atoms with Crippen molar-refractivity contribution in [3.05, 3.63) is 41.0 Å². The highest BCUT2D eigenvalue weighted by atomic mass is 79.9. The van der Waals surface area contributed by atoms with Gasteiger partial charge in [-0.05, 0) is 17.5 Å². The minimum atomic E-state index is -4.30. The molecule has 1 rings (SSSR count). The van der Waals surface area contributed by atoms with Crippen LogP contribution in [0.5, 0.6) is 0 Å². The molecule has 0 N–H and O–H groups in total. The zero-order valence-electron chi connectivity index (χ0n) is 9.68. The molecule has 0 amide bonds. The summed E-state index contributed by atoms with van der Waals surface area (Å²) in [6.07, 6.45) is -2.69. The largest absolute Gasteiger partial charge is 0.416 e. The topological polar surface area (TPSA) is 0 Å². The Hall–Kier alpha value is -0.770. The summed E-state index contributed by atoms with van der Waals surface area (Å²) >= 11 is 3.30. The van der Waals surface area contributed by atoms with E-state index in [1.165, 1.54) is 12.1 Å². The number of hydrogen-bond donors (Lipinski definition) is 0. The van der Waals surface area contributed by atoms with Gasteiger partial charge in [0.15, 0.2) is 0 Å². The fraction of sp³-hybridized carbons (Fsp3) is 0.385. The van der Waals surface area contributed by atoms with Gasteiger partial charge in [-0.2, -0.15) is 13.2 Å². The Morgan fingerprint density at radius 2 is 1.88 bits per heavy atom. The maximum Gasteiger partial charge on any atom is 0.416 e. The average molecular weight is 307 g/mol. The molecule has 0 aliphatic heterocycles. The van der Waals surface area contributed by atoms with E-state index < -0.39 is 11.7 Å². The summed E-state index contributed by atoms with van der Waals surface area (Å²) < 4.78 is 38.3. The molecule has 0 aliphatic carbocycles. The maximum absolute atomic E-state index is 12.8. The molecule has 0 fully saturated rings. The van der Waals surface area contributed by atoms with E-state index in [0.29, 0.717) is 5.33 Å². The normalized spacial score (nSPS) is 13.2. The minimum Gasteiger partial charge on any atom is -0.166 e. The van der Waals surface area contributed by atoms with E-state index in [1.54, 1.807) is 12.1 Å². The molecular formula is C13H14BrF3. The zero-order chi connectivity index (χ0) is 13.1. The highest BCUT2D eigenvalue weighted by molar-refractivity contribution is 9.09. The average Bonchev–Trinajstić information content (AvgIpc) is 2.24. The van der Waals surface area contributed by atoms with Gasteiger partial charge in [-0.15, -0.1) is 0 Å². The van der Waals surface area contributed by atoms with E-state index in [4.69, 9.17) is 0 Å². The van der Waals surface area contributed by atoms with E-state index in [1.807, 2.05) is 13.8 Å². The van der Waals surface area contributed by atoms with Crippen LogP contribution in [0.15, 0.2) is 29.8 Å². The van der Waals surface area contributed by atoms with Crippen LogP contribution in [0.2, 0.25) is 0 Å². The summed E-state index contributed by atoms with van der Waals surface area (Å²) in [5, 5.41) is 0.580. The van der Waals surface area contributed by atoms with Crippen molar-refractivity contribution in [2.45, 2.75) is 20.0 Å². The second-order valence-electron chi connectivity index (χ2n) is 4.09. The van der Waals surface area contributed by atoms with Gasteiger partial charge in [-0.3, -0.25) is 0 Å². The SMILES string of the molecule is CC(C)C(=Cc1ccccc1C(F)(F)F)CBr. The molecule has 0 bridgehead atoms. The van der Waals surface area contributed by atoms with E-state index in [2.05, 4.69) is 15.9 Å². The van der Waals surface area contributed by atoms with Gasteiger partial charge >= 0.3 is 6.18 Å². The summed E-state index contributed by atoms with van der Waals surface area (Å²) in [5.74, 6) is 0.218. The molecule has 94 valence electrons. The Morgan fingerprint density at radius 1 is 1.29 bits per heavy atom. The lowest BCUT2D eigenvalue weighted by atomic mass is 9.99. The molecule has 1 aromatic rings. The third-order valence-electron chi connectivity index (χ3n) is 2.50. The van der Waals surface area contributed by atoms with Crippen molar-refractivity contribution in [1.29, 1.82) is 0 Å². The van der Waals surface area contributed by atoms with Gasteiger partial charge in [0.25, 0.3) is 0 Å². The van der Waals surface area contributed by atoms with Crippen LogP contribution >= 0.6 is 15.9 Å². The molecule has 0 unspecified atom stereocenters. The van der Waals surface area contributed by atoms with Gasteiger partial charge in [0.1, 0.15) is 0 Å². The number of allylic oxidation sites excluding steroid dienone is 1. The Morgan fingerprint density at radius 3 is 2.35 bits per heavy atom. The number of halogens is 4. The molecule has 0 aromatic heterocycles. The van der Waals surface area contributed by atoms with E-state index in [9.17, 15) is 13.2 Å². The lowest BCUT2D eigenvalue weighted by Gasteiger charge is -2.13. The third-order valence-corrected chi connectivity index (χ3v) is 3.15. The zero-order valence-corrected chi connectivity index (χ0v) is 11.3. The monoisotopic (exact) mass is 306 g/mol. The van der Waals surface area contributed by atoms with Crippen molar-refractivity contribution >= 4 is 22.0 Å². The van der Waals surface area contributed by atoms with Gasteiger partial charge in [0.2, 0.25) is 0 Å². The lowest BCUT2D eigenvalue weighted by Crippen LogP contribution is -2.07. The molecule has 4 heteroatoms. The number of rotatable bonds is 3. The minimum absolute atomic E-state index is 0.218. The van der Waals surface area contributed by atoms with Gasteiger partial charge in [0, 0.05) is 5.33 Å². The first-order valence-corrected chi connectivity index (χ1v) is 6.41. The van der Waals surface area contributed by atoms with Crippen LogP contribution in [0, 0.1) is 5.92 Å². The second kappa shape index (κ2) is 5.71. The van der Waals surface area contributed by atoms with Gasteiger partial charge < -0.3 is 0 Å². The Balaban J connectivity index is 3.23. The molecule has 1 aromatic carbocycles. The highest BCUT2D eigenvalue weighted by Gasteiger charge is 2.32. The first-order chi connectivity index (χ1) is 7.86. The van der Waals surface area contributed by atoms with Crippen molar-refractivity contribution in [3.8, 4) is 0 Å². The van der Waals surface area contributed by atoms with Crippen LogP contribution in [-0.4, -0.2) is 5.33 Å². The van der Waals surface area contributed by atoms with Crippen LogP contribution in [0.1, 0.15) is 25.0 Å². The van der Waals surface area contributed by atoms with E-state index >= 15 is 0 Å². The molecule has 0 saturated heterocycles. The molecule has 0 atom stereocenters. The number of hydrogen-bond acceptors (Lipinski definition) is 0. The first kappa shape index (κ1) is 14.3. The van der Waals surface area contributed by atoms with Crippen LogP contribution in [0.25, 0.3) is 6.08 Å². The maximum atomic E-state index is 12.8. The first-order valence-electron chi connectivity index (χ1n) is 5.29. The Bertz CT molecular complexity index is 405. The quantitative estimate of drug-likeness (QED) is 0.678. The lowest BCUT2D eigenvalue weighted by molar-refractivity contribution is -0.137. The Labute approximate surface area is 108 Å². The summed E-state index contributed by atoms with van der Waals surface area (Å²) in [4.78, 5) is 0. The Kier molecular flexibility index (Phi) is 4.80. The van der Waals surface area contributed by atoms with Gasteiger partial charge in [0.05, 0.1) is 5.56 Å². The van der Waals surface area contributed by atoms with E-state index in [0.717, 1.165) is 11.6 Å². The van der Waals surface area contributed by atoms with Crippen molar-refractivity contribution in [1.82, 2.24) is 0 Å². The van der Waals surface area contributed by atoms with Crippen molar-refractivity contribution < 1.29 is 13.2 Å². The number of benzene rings is 1. The molecule has 17 heavy (non-hydrogen) atoms. The van der Waals surface area contributed by atoms with Crippen LogP contribution < -0.4 is 0 Å². The standard InChI is InChI=1S/C13H14BrF3/c1-9(2)11(8-14)7-10-5-3-4-6-12(10)13(15,16)17/h3-7,9H,8H2,1-2H3. The number of alkyl halides is 4. The summed E-state index contributed by atoms with van der Waals surface area (Å²) in [5.41, 5.74) is 0.587. The van der Waals surface area contributed by atoms with Gasteiger partial charge in [-0.25, -0.2) is 0 Å². The van der Waals surface area contributed by atoms with Crippen molar-refractivity contribution in [3.63, 3.8) is 0 Å². The van der Waals surface area contributed by atoms with E-state index in [-0.39, 0.29) is 11.5 Å². The summed E-state index contributed by atoms with van der Waals surface area (Å²) in [6, 6.07) is 5.63. The molecule has 0 nitrogen and oxygen atoms in total. The fourth-order valence-electron chi connectivity index (χ4n) is 1.44. The third kappa shape index (κ3) is 3.87. The van der Waals surface area contributed by atoms with Crippen LogP contribution in [0.4, 0.5) is 13.2 Å². The molecule has 0 aliphatic rings. The molecule has 0 heterocycles. The predicted molar refractivity (Wildman–Crippen MR) is 68.1 cm³/mol. The van der Waals surface area contributed by atoms with Crippen molar-refractivity contribution in [2.75, 3.05) is 5.33 Å². The highest BCUT2D eigenvalue weighted by Crippen LogP contribution is 2.33. The van der Waals surface area contributed by atoms with Crippen LogP contribution in [0.3, 0.4) is 0 Å². The smallest absolute Gasteiger partial charge is 0.166 e. The van der Waals surface area contributed by atoms with Crippen LogP contribution in [-0.2, 0) is 6.18 Å². The van der Waals surface area contributed by atoms with Gasteiger partial charge in [-0.1, -0.05) is 59.6 Å². The summed E-state index contributed by atoms with van der Waals surface area (Å²) in [7, 11) is 0. The molecular weight excluding hydrogens is 293 g/mol. The fourth-order valence-corrected chi connectivity index (χ4v) is 2.25. The predicted octanol–water partition coefficient (Wildman–Crippen LogP) is 5.14. The molecule has 0 spiro atoms. The van der Waals surface area contributed by atoms with Crippen molar-refractivity contribution in [2.24, 2.45) is 5.92 Å².